The minimum atomic E-state index is 0.119. The van der Waals surface area contributed by atoms with E-state index in [4.69, 9.17) is 0 Å². The molecular formula is C8H12N2O. The van der Waals surface area contributed by atoms with Crippen molar-refractivity contribution in [2.24, 2.45) is 16.1 Å². The van der Waals surface area contributed by atoms with Crippen molar-refractivity contribution in [3.63, 3.8) is 0 Å². The van der Waals surface area contributed by atoms with Gasteiger partial charge in [-0.2, -0.15) is 10.2 Å². The Labute approximate surface area is 66.2 Å². The Balaban J connectivity index is 2.61. The molecule has 1 rings (SSSR count). The van der Waals surface area contributed by atoms with Crippen LogP contribution in [0.4, 0.5) is 0 Å². The van der Waals surface area contributed by atoms with Crippen LogP contribution in [0.2, 0.25) is 0 Å². The molecule has 11 heavy (non-hydrogen) atoms. The van der Waals surface area contributed by atoms with Crippen molar-refractivity contribution in [3.05, 3.63) is 0 Å². The Morgan fingerprint density at radius 1 is 1.64 bits per heavy atom. The monoisotopic (exact) mass is 152 g/mol. The topological polar surface area (TPSA) is 41.8 Å². The summed E-state index contributed by atoms with van der Waals surface area (Å²) in [5.74, 6) is 0.597. The van der Waals surface area contributed by atoms with Crippen molar-refractivity contribution in [1.29, 1.82) is 0 Å². The summed E-state index contributed by atoms with van der Waals surface area (Å²) in [5.41, 5.74) is 0.627. The summed E-state index contributed by atoms with van der Waals surface area (Å²) in [4.78, 5) is 11.1. The largest absolute Gasteiger partial charge is 0.292 e. The number of rotatable bonds is 2. The first-order valence-electron chi connectivity index (χ1n) is 3.81. The van der Waals surface area contributed by atoms with E-state index in [0.29, 0.717) is 18.1 Å². The second-order valence-corrected chi connectivity index (χ2v) is 3.07. The maximum absolute atomic E-state index is 11.1. The molecule has 0 aromatic carbocycles. The zero-order valence-corrected chi connectivity index (χ0v) is 6.87. The van der Waals surface area contributed by atoms with Gasteiger partial charge in [-0.25, -0.2) is 0 Å². The second-order valence-electron chi connectivity index (χ2n) is 3.07. The molecule has 1 aliphatic heterocycles. The Kier molecular flexibility index (Phi) is 2.52. The second kappa shape index (κ2) is 3.42. The van der Waals surface area contributed by atoms with Gasteiger partial charge in [0.2, 0.25) is 0 Å². The van der Waals surface area contributed by atoms with Crippen molar-refractivity contribution < 1.29 is 4.79 Å². The van der Waals surface area contributed by atoms with Crippen molar-refractivity contribution in [1.82, 2.24) is 0 Å². The lowest BCUT2D eigenvalue weighted by molar-refractivity contribution is -0.112. The third kappa shape index (κ3) is 2.26. The molecule has 0 saturated heterocycles. The first kappa shape index (κ1) is 8.11. The standard InChI is InChI=1S/C8H12N2O/c1-6(2)5-7-8(11)3-4-9-10-7/h4,6H,3,5H2,1-2H3. The molecule has 0 saturated carbocycles. The summed E-state index contributed by atoms with van der Waals surface area (Å²) in [6, 6.07) is 0. The average molecular weight is 152 g/mol. The van der Waals surface area contributed by atoms with Crippen LogP contribution >= 0.6 is 0 Å². The molecule has 0 fully saturated rings. The lowest BCUT2D eigenvalue weighted by Crippen LogP contribution is -2.18. The van der Waals surface area contributed by atoms with Gasteiger partial charge in [0.1, 0.15) is 5.71 Å². The SMILES string of the molecule is CC(C)CC1=NN=CCC1=O. The van der Waals surface area contributed by atoms with E-state index in [1.807, 2.05) is 0 Å². The molecule has 1 aliphatic rings. The normalized spacial score (nSPS) is 17.4. The summed E-state index contributed by atoms with van der Waals surface area (Å²) in [7, 11) is 0. The van der Waals surface area contributed by atoms with Gasteiger partial charge < -0.3 is 0 Å². The van der Waals surface area contributed by atoms with Gasteiger partial charge in [0.05, 0.1) is 0 Å². The third-order valence-corrected chi connectivity index (χ3v) is 1.46. The summed E-state index contributed by atoms with van der Waals surface area (Å²) in [5, 5.41) is 7.49. The molecule has 0 atom stereocenters. The summed E-state index contributed by atoms with van der Waals surface area (Å²) < 4.78 is 0. The fourth-order valence-corrected chi connectivity index (χ4v) is 0.949. The van der Waals surface area contributed by atoms with E-state index in [1.165, 1.54) is 0 Å². The molecule has 3 heteroatoms. The quantitative estimate of drug-likeness (QED) is 0.590. The highest BCUT2D eigenvalue weighted by Gasteiger charge is 2.14. The smallest absolute Gasteiger partial charge is 0.184 e. The van der Waals surface area contributed by atoms with E-state index in [2.05, 4.69) is 24.1 Å². The number of hydrogen-bond acceptors (Lipinski definition) is 3. The molecule has 0 aliphatic carbocycles. The third-order valence-electron chi connectivity index (χ3n) is 1.46. The van der Waals surface area contributed by atoms with Crippen LogP contribution < -0.4 is 0 Å². The van der Waals surface area contributed by atoms with Gasteiger partial charge in [-0.3, -0.25) is 4.79 Å². The first-order valence-corrected chi connectivity index (χ1v) is 3.81. The first-order chi connectivity index (χ1) is 5.20. The Morgan fingerprint density at radius 2 is 2.36 bits per heavy atom. The van der Waals surface area contributed by atoms with Crippen molar-refractivity contribution in [2.75, 3.05) is 0 Å². The van der Waals surface area contributed by atoms with Crippen LogP contribution in [0.5, 0.6) is 0 Å². The molecule has 0 bridgehead atoms. The van der Waals surface area contributed by atoms with Gasteiger partial charge in [-0.15, -0.1) is 0 Å². The number of nitrogens with zero attached hydrogens (tertiary/aromatic N) is 2. The number of carbonyl (C=O) groups excluding carboxylic acids is 1. The highest BCUT2D eigenvalue weighted by atomic mass is 16.1. The minimum Gasteiger partial charge on any atom is -0.292 e. The predicted octanol–water partition coefficient (Wildman–Crippen LogP) is 1.43. The van der Waals surface area contributed by atoms with Crippen LogP contribution in [-0.2, 0) is 4.79 Å². The zero-order valence-electron chi connectivity index (χ0n) is 6.87. The van der Waals surface area contributed by atoms with Crippen LogP contribution in [-0.4, -0.2) is 17.7 Å². The summed E-state index contributed by atoms with van der Waals surface area (Å²) >= 11 is 0. The van der Waals surface area contributed by atoms with E-state index in [1.54, 1.807) is 6.21 Å². The number of Topliss-reactive ketones (excluding diaryl/α,β-unsaturated/α-hetero) is 1. The predicted molar refractivity (Wildman–Crippen MR) is 45.0 cm³/mol. The number of hydrogen-bond donors (Lipinski definition) is 0. The van der Waals surface area contributed by atoms with Crippen molar-refractivity contribution in [3.8, 4) is 0 Å². The molecule has 60 valence electrons. The van der Waals surface area contributed by atoms with E-state index >= 15 is 0 Å². The van der Waals surface area contributed by atoms with Gasteiger partial charge in [0.25, 0.3) is 0 Å². The van der Waals surface area contributed by atoms with Gasteiger partial charge in [0.15, 0.2) is 5.78 Å². The summed E-state index contributed by atoms with van der Waals surface area (Å²) in [6.07, 6.45) is 2.72. The lowest BCUT2D eigenvalue weighted by atomic mass is 10.0. The van der Waals surface area contributed by atoms with Gasteiger partial charge in [-0.1, -0.05) is 13.8 Å². The molecule has 0 spiro atoms. The van der Waals surface area contributed by atoms with Crippen LogP contribution in [0.25, 0.3) is 0 Å². The average Bonchev–Trinajstić information content (AvgIpc) is 1.93. The lowest BCUT2D eigenvalue weighted by Gasteiger charge is -2.07. The molecule has 0 amide bonds. The molecule has 1 heterocycles. The van der Waals surface area contributed by atoms with Crippen LogP contribution in [0.15, 0.2) is 10.2 Å². The fraction of sp³-hybridized carbons (Fsp3) is 0.625. The van der Waals surface area contributed by atoms with Crippen LogP contribution in [0, 0.1) is 5.92 Å². The molecular weight excluding hydrogens is 140 g/mol. The number of carbonyl (C=O) groups is 1. The maximum atomic E-state index is 11.1. The highest BCUT2D eigenvalue weighted by Crippen LogP contribution is 2.06. The molecule has 3 nitrogen and oxygen atoms in total. The van der Waals surface area contributed by atoms with Gasteiger partial charge in [-0.05, 0) is 12.3 Å². The molecule has 0 unspecified atom stereocenters. The van der Waals surface area contributed by atoms with Crippen LogP contribution in [0.3, 0.4) is 0 Å². The zero-order chi connectivity index (χ0) is 8.27. The van der Waals surface area contributed by atoms with E-state index in [-0.39, 0.29) is 5.78 Å². The maximum Gasteiger partial charge on any atom is 0.184 e. The fourth-order valence-electron chi connectivity index (χ4n) is 0.949. The van der Waals surface area contributed by atoms with Gasteiger partial charge in [0, 0.05) is 12.6 Å². The highest BCUT2D eigenvalue weighted by molar-refractivity contribution is 6.42. The van der Waals surface area contributed by atoms with Crippen molar-refractivity contribution in [2.45, 2.75) is 26.7 Å². The molecule has 0 aromatic heterocycles. The van der Waals surface area contributed by atoms with Gasteiger partial charge >= 0.3 is 0 Å². The van der Waals surface area contributed by atoms with E-state index < -0.39 is 0 Å². The molecule has 0 radical (unpaired) electrons. The Morgan fingerprint density at radius 3 is 2.91 bits per heavy atom. The Bertz CT molecular complexity index is 216. The van der Waals surface area contributed by atoms with E-state index in [0.717, 1.165) is 6.42 Å². The van der Waals surface area contributed by atoms with Crippen molar-refractivity contribution >= 4 is 17.7 Å². The minimum absolute atomic E-state index is 0.119. The molecule has 0 N–H and O–H groups in total. The molecule has 0 aromatic rings. The van der Waals surface area contributed by atoms with E-state index in [9.17, 15) is 4.79 Å². The van der Waals surface area contributed by atoms with Crippen LogP contribution in [0.1, 0.15) is 26.7 Å². The number of ketones is 1. The summed E-state index contributed by atoms with van der Waals surface area (Å²) in [6.45, 7) is 4.13. The Hall–Kier alpha value is -0.990.